The first-order valence-electron chi connectivity index (χ1n) is 7.25. The minimum Gasteiger partial charge on any atom is -0.394 e. The molecule has 0 aliphatic heterocycles. The highest BCUT2D eigenvalue weighted by Gasteiger charge is 2.20. The van der Waals surface area contributed by atoms with Crippen LogP contribution in [0.4, 0.5) is 17.1 Å². The van der Waals surface area contributed by atoms with Crippen LogP contribution in [0.5, 0.6) is 0 Å². The third-order valence-electron chi connectivity index (χ3n) is 2.81. The van der Waals surface area contributed by atoms with E-state index in [1.54, 1.807) is 25.1 Å². The van der Waals surface area contributed by atoms with E-state index in [1.165, 1.54) is 6.92 Å². The number of hydrogen-bond acceptors (Lipinski definition) is 8. The van der Waals surface area contributed by atoms with Crippen molar-refractivity contribution >= 4 is 17.1 Å². The lowest BCUT2D eigenvalue weighted by molar-refractivity contribution is -0.383. The number of nitrogens with one attached hydrogen (secondary N) is 2. The lowest BCUT2D eigenvalue weighted by atomic mass is 10.2. The van der Waals surface area contributed by atoms with Gasteiger partial charge in [-0.05, 0) is 26.0 Å². The molecule has 0 aliphatic carbocycles. The number of aliphatic hydroxyl groups excluding tert-OH is 2. The molecule has 0 saturated heterocycles. The molecule has 2 unspecified atom stereocenters. The van der Waals surface area contributed by atoms with Gasteiger partial charge in [-0.2, -0.15) is 0 Å². The van der Waals surface area contributed by atoms with Crippen molar-refractivity contribution in [2.45, 2.75) is 26.4 Å². The topological polar surface area (TPSA) is 126 Å². The highest BCUT2D eigenvalue weighted by molar-refractivity contribution is 5.76. The van der Waals surface area contributed by atoms with Crippen molar-refractivity contribution in [1.29, 1.82) is 0 Å². The van der Waals surface area contributed by atoms with Crippen molar-refractivity contribution in [1.82, 2.24) is 0 Å². The smallest absolute Gasteiger partial charge is 0.315 e. The molecule has 9 heteroatoms. The van der Waals surface area contributed by atoms with Crippen molar-refractivity contribution in [2.24, 2.45) is 0 Å². The van der Waals surface area contributed by atoms with Crippen LogP contribution in [0.1, 0.15) is 13.8 Å². The first-order chi connectivity index (χ1) is 11.0. The number of nitro benzene ring substituents is 1. The fourth-order valence-corrected chi connectivity index (χ4v) is 1.90. The number of ether oxygens (including phenoxy) is 2. The van der Waals surface area contributed by atoms with Crippen LogP contribution in [-0.4, -0.2) is 54.0 Å². The molecule has 0 saturated carbocycles. The van der Waals surface area contributed by atoms with E-state index in [1.807, 2.05) is 0 Å². The summed E-state index contributed by atoms with van der Waals surface area (Å²) in [6.45, 7) is 3.71. The van der Waals surface area contributed by atoms with Gasteiger partial charge in [-0.25, -0.2) is 0 Å². The normalized spacial score (nSPS) is 13.4. The fraction of sp³-hybridized carbons (Fsp3) is 0.571. The first-order valence-corrected chi connectivity index (χ1v) is 7.25. The Morgan fingerprint density at radius 2 is 1.96 bits per heavy atom. The summed E-state index contributed by atoms with van der Waals surface area (Å²) in [5.41, 5.74) is 0.537. The first kappa shape index (κ1) is 19.1. The molecule has 4 N–H and O–H groups in total. The molecule has 2 atom stereocenters. The third kappa shape index (κ3) is 6.78. The Balaban J connectivity index is 2.78. The zero-order valence-corrected chi connectivity index (χ0v) is 13.2. The van der Waals surface area contributed by atoms with Gasteiger partial charge in [0.2, 0.25) is 0 Å². The summed E-state index contributed by atoms with van der Waals surface area (Å²) in [5.74, 6) is 0. The molecule has 0 amide bonds. The molecule has 130 valence electrons. The number of rotatable bonds is 11. The van der Waals surface area contributed by atoms with E-state index in [2.05, 4.69) is 10.6 Å². The van der Waals surface area contributed by atoms with Crippen LogP contribution in [0, 0.1) is 10.1 Å². The monoisotopic (exact) mass is 329 g/mol. The van der Waals surface area contributed by atoms with Crippen molar-refractivity contribution in [3.8, 4) is 0 Å². The van der Waals surface area contributed by atoms with E-state index in [0.29, 0.717) is 17.9 Å². The van der Waals surface area contributed by atoms with Crippen molar-refractivity contribution in [3.05, 3.63) is 28.3 Å². The maximum atomic E-state index is 11.4. The summed E-state index contributed by atoms with van der Waals surface area (Å²) in [7, 11) is 0. The van der Waals surface area contributed by atoms with Crippen LogP contribution in [0.2, 0.25) is 0 Å². The molecule has 0 aromatic heterocycles. The number of nitrogens with zero attached hydrogens (tertiary/aromatic N) is 1. The van der Waals surface area contributed by atoms with Crippen molar-refractivity contribution < 1.29 is 24.6 Å². The molecule has 0 fully saturated rings. The Kier molecular flexibility index (Phi) is 8.27. The van der Waals surface area contributed by atoms with Gasteiger partial charge in [0.1, 0.15) is 17.6 Å². The molecule has 1 rings (SSSR count). The van der Waals surface area contributed by atoms with Gasteiger partial charge in [-0.15, -0.1) is 0 Å². The minimum absolute atomic E-state index is 0.107. The van der Waals surface area contributed by atoms with E-state index in [-0.39, 0.29) is 25.5 Å². The molecule has 0 aliphatic rings. The summed E-state index contributed by atoms with van der Waals surface area (Å²) >= 11 is 0. The Hall–Kier alpha value is -1.94. The highest BCUT2D eigenvalue weighted by Crippen LogP contribution is 2.33. The Morgan fingerprint density at radius 1 is 1.26 bits per heavy atom. The number of aliphatic hydroxyl groups is 2. The van der Waals surface area contributed by atoms with Gasteiger partial charge < -0.3 is 30.3 Å². The second kappa shape index (κ2) is 9.95. The largest absolute Gasteiger partial charge is 0.394 e. The predicted molar refractivity (Wildman–Crippen MR) is 85.3 cm³/mol. The molecule has 9 nitrogen and oxygen atoms in total. The molecule has 1 aromatic rings. The van der Waals surface area contributed by atoms with E-state index in [0.717, 1.165) is 0 Å². The summed E-state index contributed by atoms with van der Waals surface area (Å²) in [5, 5.41) is 34.9. The fourth-order valence-electron chi connectivity index (χ4n) is 1.90. The lowest BCUT2D eigenvalue weighted by Gasteiger charge is -2.17. The van der Waals surface area contributed by atoms with E-state index >= 15 is 0 Å². The molecular formula is C14H23N3O6. The number of benzene rings is 1. The maximum absolute atomic E-state index is 11.4. The second-order valence-electron chi connectivity index (χ2n) is 4.74. The van der Waals surface area contributed by atoms with Crippen LogP contribution in [0.15, 0.2) is 18.2 Å². The van der Waals surface area contributed by atoms with Crippen molar-refractivity contribution in [2.75, 3.05) is 37.0 Å². The van der Waals surface area contributed by atoms with Gasteiger partial charge in [0, 0.05) is 6.54 Å². The zero-order valence-electron chi connectivity index (χ0n) is 13.2. The molecule has 0 spiro atoms. The summed E-state index contributed by atoms with van der Waals surface area (Å²) in [6, 6.07) is 4.84. The lowest BCUT2D eigenvalue weighted by Crippen LogP contribution is -2.22. The van der Waals surface area contributed by atoms with Gasteiger partial charge in [0.05, 0.1) is 24.7 Å². The number of hydrogen-bond donors (Lipinski definition) is 4. The average Bonchev–Trinajstić information content (AvgIpc) is 2.49. The van der Waals surface area contributed by atoms with Crippen LogP contribution in [0.25, 0.3) is 0 Å². The molecule has 1 aromatic carbocycles. The molecular weight excluding hydrogens is 306 g/mol. The van der Waals surface area contributed by atoms with E-state index in [4.69, 9.17) is 19.7 Å². The third-order valence-corrected chi connectivity index (χ3v) is 2.81. The Morgan fingerprint density at radius 3 is 2.57 bits per heavy atom. The number of para-hydroxylation sites is 1. The van der Waals surface area contributed by atoms with E-state index in [9.17, 15) is 10.1 Å². The predicted octanol–water partition coefficient (Wildman–Crippen LogP) is 1.13. The van der Waals surface area contributed by atoms with Gasteiger partial charge in [-0.1, -0.05) is 6.07 Å². The van der Waals surface area contributed by atoms with Crippen molar-refractivity contribution in [3.63, 3.8) is 0 Å². The van der Waals surface area contributed by atoms with Gasteiger partial charge in [0.15, 0.2) is 6.29 Å². The molecule has 0 heterocycles. The van der Waals surface area contributed by atoms with Crippen LogP contribution in [-0.2, 0) is 9.47 Å². The minimum atomic E-state index is -0.885. The standard InChI is InChI=1S/C14H23N3O6/c1-10(22-9-7-18)16-13-5-3-4-12(14(13)17(20)21)15-6-8-23-11(2)19/h3-5,10-11,15-16,18-19H,6-9H2,1-2H3. The summed E-state index contributed by atoms with van der Waals surface area (Å²) in [4.78, 5) is 10.9. The van der Waals surface area contributed by atoms with Gasteiger partial charge >= 0.3 is 5.69 Å². The second-order valence-corrected chi connectivity index (χ2v) is 4.74. The summed E-state index contributed by atoms with van der Waals surface area (Å²) < 4.78 is 10.2. The SMILES string of the molecule is CC(O)OCCNc1cccc(NC(C)OCCO)c1[N+](=O)[O-]. The maximum Gasteiger partial charge on any atom is 0.315 e. The Labute approximate surface area is 134 Å². The molecule has 0 bridgehead atoms. The highest BCUT2D eigenvalue weighted by atomic mass is 16.6. The average molecular weight is 329 g/mol. The summed E-state index contributed by atoms with van der Waals surface area (Å²) in [6.07, 6.45) is -1.38. The molecule has 0 radical (unpaired) electrons. The molecule has 23 heavy (non-hydrogen) atoms. The van der Waals surface area contributed by atoms with Crippen LogP contribution >= 0.6 is 0 Å². The Bertz CT molecular complexity index is 497. The number of anilines is 2. The van der Waals surface area contributed by atoms with Gasteiger partial charge in [-0.3, -0.25) is 10.1 Å². The zero-order chi connectivity index (χ0) is 17.2. The van der Waals surface area contributed by atoms with Gasteiger partial charge in [0.25, 0.3) is 0 Å². The van der Waals surface area contributed by atoms with E-state index < -0.39 is 17.4 Å². The van der Waals surface area contributed by atoms with Crippen LogP contribution < -0.4 is 10.6 Å². The number of nitro groups is 1. The quantitative estimate of drug-likeness (QED) is 0.206. The van der Waals surface area contributed by atoms with Crippen LogP contribution in [0.3, 0.4) is 0 Å².